The number of amides is 2. The van der Waals surface area contributed by atoms with Crippen molar-refractivity contribution in [2.45, 2.75) is 45.8 Å². The summed E-state index contributed by atoms with van der Waals surface area (Å²) in [5.41, 5.74) is 1.28. The molecule has 3 atom stereocenters. The lowest BCUT2D eigenvalue weighted by Crippen LogP contribution is -2.58. The van der Waals surface area contributed by atoms with Crippen LogP contribution in [0.1, 0.15) is 60.4 Å². The van der Waals surface area contributed by atoms with E-state index in [4.69, 9.17) is 16.7 Å². The van der Waals surface area contributed by atoms with Crippen LogP contribution >= 0.6 is 11.6 Å². The molecule has 4 rings (SSSR count). The standard InChI is InChI=1S/C32H35ClN2O5/c1-20(29(37)35-17-16-32(40,31(3,4)19-35)26-12-14-27(33)15-13-26)21(2)34-28(36)25-7-5-6-24(18-25)22-8-10-23(11-9-22)30(38)39/h5-15,18,20-21,40H,16-17,19H2,1-4H3,(H,34,36)(H,38,39)/t20-,21?,32+/m1/s1. The van der Waals surface area contributed by atoms with Gasteiger partial charge in [0.15, 0.2) is 0 Å². The molecule has 1 aliphatic rings. The van der Waals surface area contributed by atoms with Crippen molar-refractivity contribution in [2.75, 3.05) is 13.1 Å². The number of halogens is 1. The number of benzene rings is 3. The van der Waals surface area contributed by atoms with Crippen LogP contribution in [0.25, 0.3) is 11.1 Å². The summed E-state index contributed by atoms with van der Waals surface area (Å²) in [6.45, 7) is 8.31. The van der Waals surface area contributed by atoms with E-state index in [2.05, 4.69) is 5.32 Å². The molecule has 3 aromatic rings. The summed E-state index contributed by atoms with van der Waals surface area (Å²) in [4.78, 5) is 39.5. The van der Waals surface area contributed by atoms with Crippen molar-refractivity contribution in [2.24, 2.45) is 11.3 Å². The smallest absolute Gasteiger partial charge is 0.335 e. The Hall–Kier alpha value is -3.68. The van der Waals surface area contributed by atoms with E-state index in [0.29, 0.717) is 30.1 Å². The summed E-state index contributed by atoms with van der Waals surface area (Å²) < 4.78 is 0. The molecule has 0 radical (unpaired) electrons. The number of carboxylic acid groups (broad SMARTS) is 1. The summed E-state index contributed by atoms with van der Waals surface area (Å²) >= 11 is 6.04. The maximum atomic E-state index is 13.5. The quantitative estimate of drug-likeness (QED) is 0.347. The molecule has 1 saturated heterocycles. The van der Waals surface area contributed by atoms with Gasteiger partial charge in [0.2, 0.25) is 5.91 Å². The van der Waals surface area contributed by atoms with Crippen LogP contribution in [-0.4, -0.2) is 52.0 Å². The van der Waals surface area contributed by atoms with Gasteiger partial charge in [0.25, 0.3) is 5.91 Å². The lowest BCUT2D eigenvalue weighted by atomic mass is 9.66. The van der Waals surface area contributed by atoms with Crippen LogP contribution in [0.3, 0.4) is 0 Å². The zero-order valence-electron chi connectivity index (χ0n) is 23.1. The van der Waals surface area contributed by atoms with E-state index < -0.39 is 28.9 Å². The molecule has 40 heavy (non-hydrogen) atoms. The van der Waals surface area contributed by atoms with Crippen LogP contribution in [0.2, 0.25) is 5.02 Å². The number of rotatable bonds is 7. The predicted octanol–water partition coefficient (Wildman–Crippen LogP) is 5.61. The van der Waals surface area contributed by atoms with Crippen LogP contribution in [0.15, 0.2) is 72.8 Å². The first-order valence-corrected chi connectivity index (χ1v) is 13.7. The van der Waals surface area contributed by atoms with Crippen LogP contribution in [0, 0.1) is 11.3 Å². The number of nitrogens with zero attached hydrogens (tertiary/aromatic N) is 1. The molecule has 0 aliphatic carbocycles. The molecule has 2 amide bonds. The van der Waals surface area contributed by atoms with E-state index in [9.17, 15) is 19.5 Å². The number of nitrogens with one attached hydrogen (secondary N) is 1. The molecule has 0 spiro atoms. The van der Waals surface area contributed by atoms with E-state index >= 15 is 0 Å². The SMILES string of the molecule is CC(NC(=O)c1cccc(-c2ccc(C(=O)O)cc2)c1)[C@@H](C)C(=O)N1CC[C@](O)(c2ccc(Cl)cc2)C(C)(C)C1. The average molecular weight is 563 g/mol. The topological polar surface area (TPSA) is 107 Å². The zero-order chi connectivity index (χ0) is 29.2. The zero-order valence-corrected chi connectivity index (χ0v) is 23.9. The van der Waals surface area contributed by atoms with Crippen molar-refractivity contribution in [3.63, 3.8) is 0 Å². The van der Waals surface area contributed by atoms with Crippen molar-refractivity contribution < 1.29 is 24.6 Å². The highest BCUT2D eigenvalue weighted by molar-refractivity contribution is 6.30. The molecule has 8 heteroatoms. The number of carbonyl (C=O) groups is 3. The first kappa shape index (κ1) is 29.3. The molecule has 1 fully saturated rings. The van der Waals surface area contributed by atoms with Crippen LogP contribution in [0.4, 0.5) is 0 Å². The average Bonchev–Trinajstić information content (AvgIpc) is 2.94. The van der Waals surface area contributed by atoms with Crippen molar-refractivity contribution in [1.82, 2.24) is 10.2 Å². The van der Waals surface area contributed by atoms with Crippen molar-refractivity contribution in [3.8, 4) is 11.1 Å². The third-order valence-electron chi connectivity index (χ3n) is 8.17. The first-order chi connectivity index (χ1) is 18.8. The first-order valence-electron chi connectivity index (χ1n) is 13.3. The number of aromatic carboxylic acids is 1. The fourth-order valence-corrected chi connectivity index (χ4v) is 5.46. The lowest BCUT2D eigenvalue weighted by molar-refractivity contribution is -0.156. The van der Waals surface area contributed by atoms with Gasteiger partial charge in [0, 0.05) is 35.1 Å². The molecule has 3 aromatic carbocycles. The normalized spacial score (nSPS) is 19.9. The minimum Gasteiger partial charge on any atom is -0.478 e. The van der Waals surface area contributed by atoms with Gasteiger partial charge in [-0.15, -0.1) is 0 Å². The Balaban J connectivity index is 1.41. The molecular formula is C32H35ClN2O5. The molecule has 0 saturated carbocycles. The maximum absolute atomic E-state index is 13.5. The van der Waals surface area contributed by atoms with Crippen LogP contribution < -0.4 is 5.32 Å². The minimum atomic E-state index is -1.10. The fourth-order valence-electron chi connectivity index (χ4n) is 5.33. The molecular weight excluding hydrogens is 528 g/mol. The highest BCUT2D eigenvalue weighted by Crippen LogP contribution is 2.46. The summed E-state index contributed by atoms with van der Waals surface area (Å²) in [5, 5.41) is 24.3. The number of hydrogen-bond acceptors (Lipinski definition) is 4. The molecule has 3 N–H and O–H groups in total. The molecule has 0 aromatic heterocycles. The van der Waals surface area contributed by atoms with E-state index in [-0.39, 0.29) is 17.4 Å². The van der Waals surface area contributed by atoms with Crippen molar-refractivity contribution in [3.05, 3.63) is 94.5 Å². The van der Waals surface area contributed by atoms with Gasteiger partial charge in [-0.25, -0.2) is 4.79 Å². The molecule has 7 nitrogen and oxygen atoms in total. The Kier molecular flexibility index (Phi) is 8.38. The summed E-state index contributed by atoms with van der Waals surface area (Å²) in [6, 6.07) is 20.3. The molecule has 0 bridgehead atoms. The summed E-state index contributed by atoms with van der Waals surface area (Å²) in [5.74, 6) is -1.85. The van der Waals surface area contributed by atoms with E-state index in [0.717, 1.165) is 16.7 Å². The third kappa shape index (κ3) is 5.91. The van der Waals surface area contributed by atoms with Crippen molar-refractivity contribution >= 4 is 29.4 Å². The molecule has 1 heterocycles. The van der Waals surface area contributed by atoms with E-state index in [1.165, 1.54) is 12.1 Å². The lowest BCUT2D eigenvalue weighted by Gasteiger charge is -2.51. The molecule has 210 valence electrons. The highest BCUT2D eigenvalue weighted by Gasteiger charge is 2.50. The molecule has 1 unspecified atom stereocenters. The van der Waals surface area contributed by atoms with Crippen LogP contribution in [0.5, 0.6) is 0 Å². The van der Waals surface area contributed by atoms with Gasteiger partial charge in [-0.3, -0.25) is 9.59 Å². The number of likely N-dealkylation sites (tertiary alicyclic amines) is 1. The largest absolute Gasteiger partial charge is 0.478 e. The van der Waals surface area contributed by atoms with E-state index in [1.54, 1.807) is 54.3 Å². The maximum Gasteiger partial charge on any atom is 0.335 e. The van der Waals surface area contributed by atoms with Gasteiger partial charge >= 0.3 is 5.97 Å². The number of hydrogen-bond donors (Lipinski definition) is 3. The number of aliphatic hydroxyl groups is 1. The van der Waals surface area contributed by atoms with Gasteiger partial charge in [-0.2, -0.15) is 0 Å². The Labute approximate surface area is 239 Å². The highest BCUT2D eigenvalue weighted by atomic mass is 35.5. The predicted molar refractivity (Wildman–Crippen MR) is 155 cm³/mol. The monoisotopic (exact) mass is 562 g/mol. The second-order valence-corrected chi connectivity index (χ2v) is 11.7. The number of piperidine rings is 1. The second-order valence-electron chi connectivity index (χ2n) is 11.3. The summed E-state index contributed by atoms with van der Waals surface area (Å²) in [6.07, 6.45) is 0.390. The number of carbonyl (C=O) groups excluding carboxylic acids is 2. The third-order valence-corrected chi connectivity index (χ3v) is 8.42. The van der Waals surface area contributed by atoms with Crippen molar-refractivity contribution in [1.29, 1.82) is 0 Å². The van der Waals surface area contributed by atoms with Gasteiger partial charge in [-0.1, -0.05) is 68.8 Å². The Morgan fingerprint density at radius 3 is 2.17 bits per heavy atom. The van der Waals surface area contributed by atoms with E-state index in [1.807, 2.05) is 39.0 Å². The van der Waals surface area contributed by atoms with Gasteiger partial charge in [0.05, 0.1) is 17.1 Å². The Bertz CT molecular complexity index is 1400. The molecule has 1 aliphatic heterocycles. The van der Waals surface area contributed by atoms with Crippen LogP contribution in [-0.2, 0) is 10.4 Å². The minimum absolute atomic E-state index is 0.0775. The fraction of sp³-hybridized carbons (Fsp3) is 0.344. The van der Waals surface area contributed by atoms with Gasteiger partial charge < -0.3 is 20.4 Å². The summed E-state index contributed by atoms with van der Waals surface area (Å²) in [7, 11) is 0. The second kappa shape index (κ2) is 11.4. The Morgan fingerprint density at radius 2 is 1.57 bits per heavy atom. The van der Waals surface area contributed by atoms with Gasteiger partial charge in [-0.05, 0) is 66.4 Å². The number of carboxylic acids is 1. The Morgan fingerprint density at radius 1 is 0.925 bits per heavy atom. The van der Waals surface area contributed by atoms with Gasteiger partial charge in [0.1, 0.15) is 0 Å².